The third-order valence-electron chi connectivity index (χ3n) is 5.17. The summed E-state index contributed by atoms with van der Waals surface area (Å²) in [6.45, 7) is 6.17. The van der Waals surface area contributed by atoms with Crippen molar-refractivity contribution in [3.05, 3.63) is 59.7 Å². The Kier molecular flexibility index (Phi) is 4.99. The SMILES string of the molecule is COc1ccccc1-n1cc(CN2CCCC2c2cc(C(C)C)on2)cn1. The summed E-state index contributed by atoms with van der Waals surface area (Å²) in [6, 6.07) is 10.3. The predicted molar refractivity (Wildman–Crippen MR) is 103 cm³/mol. The van der Waals surface area contributed by atoms with E-state index in [1.54, 1.807) is 7.11 Å². The molecule has 0 amide bonds. The number of hydrogen-bond acceptors (Lipinski definition) is 5. The van der Waals surface area contributed by atoms with Gasteiger partial charge in [-0.25, -0.2) is 4.68 Å². The first-order chi connectivity index (χ1) is 13.2. The number of rotatable bonds is 6. The summed E-state index contributed by atoms with van der Waals surface area (Å²) in [7, 11) is 1.68. The Morgan fingerprint density at radius 3 is 2.93 bits per heavy atom. The van der Waals surface area contributed by atoms with Crippen molar-refractivity contribution in [3.63, 3.8) is 0 Å². The molecule has 6 heteroatoms. The molecular weight excluding hydrogens is 340 g/mol. The van der Waals surface area contributed by atoms with Crippen LogP contribution >= 0.6 is 0 Å². The maximum atomic E-state index is 5.52. The molecular formula is C21H26N4O2. The lowest BCUT2D eigenvalue weighted by Crippen LogP contribution is -2.22. The van der Waals surface area contributed by atoms with Gasteiger partial charge in [0.15, 0.2) is 0 Å². The van der Waals surface area contributed by atoms with Crippen LogP contribution in [0.3, 0.4) is 0 Å². The fraction of sp³-hybridized carbons (Fsp3) is 0.429. The van der Waals surface area contributed by atoms with E-state index in [4.69, 9.17) is 9.26 Å². The Morgan fingerprint density at radius 1 is 1.30 bits per heavy atom. The van der Waals surface area contributed by atoms with Crippen molar-refractivity contribution in [3.8, 4) is 11.4 Å². The number of hydrogen-bond donors (Lipinski definition) is 0. The van der Waals surface area contributed by atoms with Gasteiger partial charge in [-0.3, -0.25) is 4.90 Å². The van der Waals surface area contributed by atoms with Gasteiger partial charge >= 0.3 is 0 Å². The molecule has 0 spiro atoms. The van der Waals surface area contributed by atoms with Gasteiger partial charge in [-0.05, 0) is 31.5 Å². The monoisotopic (exact) mass is 366 g/mol. The molecule has 3 heterocycles. The first kappa shape index (κ1) is 17.8. The second-order valence-corrected chi connectivity index (χ2v) is 7.40. The molecule has 27 heavy (non-hydrogen) atoms. The van der Waals surface area contributed by atoms with Gasteiger partial charge in [-0.15, -0.1) is 0 Å². The molecule has 0 aliphatic carbocycles. The summed E-state index contributed by atoms with van der Waals surface area (Å²) < 4.78 is 12.8. The van der Waals surface area contributed by atoms with Crippen molar-refractivity contribution < 1.29 is 9.26 Å². The Labute approximate surface area is 159 Å². The summed E-state index contributed by atoms with van der Waals surface area (Å²) in [5.74, 6) is 2.14. The van der Waals surface area contributed by atoms with Crippen LogP contribution in [0.15, 0.2) is 47.2 Å². The Hall–Kier alpha value is -2.60. The van der Waals surface area contributed by atoms with Crippen molar-refractivity contribution >= 4 is 0 Å². The van der Waals surface area contributed by atoms with E-state index in [0.29, 0.717) is 12.0 Å². The fourth-order valence-electron chi connectivity index (χ4n) is 3.71. The van der Waals surface area contributed by atoms with Gasteiger partial charge in [0.1, 0.15) is 22.9 Å². The molecule has 1 fully saturated rings. The zero-order valence-corrected chi connectivity index (χ0v) is 16.1. The maximum Gasteiger partial charge on any atom is 0.144 e. The number of ether oxygens (including phenoxy) is 1. The molecule has 1 saturated heterocycles. The highest BCUT2D eigenvalue weighted by atomic mass is 16.5. The van der Waals surface area contributed by atoms with Gasteiger partial charge in [-0.1, -0.05) is 31.1 Å². The highest BCUT2D eigenvalue weighted by Crippen LogP contribution is 2.34. The fourth-order valence-corrected chi connectivity index (χ4v) is 3.71. The molecule has 3 aromatic rings. The van der Waals surface area contributed by atoms with E-state index in [2.05, 4.69) is 41.3 Å². The van der Waals surface area contributed by atoms with Gasteiger partial charge < -0.3 is 9.26 Å². The smallest absolute Gasteiger partial charge is 0.144 e. The van der Waals surface area contributed by atoms with E-state index in [9.17, 15) is 0 Å². The minimum atomic E-state index is 0.316. The first-order valence-electron chi connectivity index (χ1n) is 9.53. The lowest BCUT2D eigenvalue weighted by atomic mass is 10.1. The number of methoxy groups -OCH3 is 1. The minimum Gasteiger partial charge on any atom is -0.494 e. The number of aromatic nitrogens is 3. The number of nitrogens with zero attached hydrogens (tertiary/aromatic N) is 4. The van der Waals surface area contributed by atoms with Crippen LogP contribution in [-0.4, -0.2) is 33.5 Å². The van der Waals surface area contributed by atoms with Gasteiger partial charge in [-0.2, -0.15) is 5.10 Å². The molecule has 6 nitrogen and oxygen atoms in total. The minimum absolute atomic E-state index is 0.316. The van der Waals surface area contributed by atoms with Gasteiger partial charge in [0.05, 0.1) is 19.3 Å². The Morgan fingerprint density at radius 2 is 2.15 bits per heavy atom. The molecule has 1 atom stereocenters. The van der Waals surface area contributed by atoms with Crippen molar-refractivity contribution in [2.45, 2.75) is 45.2 Å². The standard InChI is InChI=1S/C21H26N4O2/c1-15(2)21-11-17(23-27-21)18-8-6-10-24(18)13-16-12-22-25(14-16)19-7-4-5-9-20(19)26-3/h4-5,7,9,11-12,14-15,18H,6,8,10,13H2,1-3H3. The van der Waals surface area contributed by atoms with Gasteiger partial charge in [0.2, 0.25) is 0 Å². The van der Waals surface area contributed by atoms with Crippen molar-refractivity contribution in [1.82, 2.24) is 19.8 Å². The normalized spacial score (nSPS) is 17.7. The molecule has 142 valence electrons. The molecule has 0 radical (unpaired) electrons. The average Bonchev–Trinajstić information content (AvgIpc) is 3.42. The zero-order chi connectivity index (χ0) is 18.8. The van der Waals surface area contributed by atoms with Crippen LogP contribution in [0.5, 0.6) is 5.75 Å². The van der Waals surface area contributed by atoms with Crippen molar-refractivity contribution in [1.29, 1.82) is 0 Å². The van der Waals surface area contributed by atoms with E-state index in [1.807, 2.05) is 35.1 Å². The van der Waals surface area contributed by atoms with E-state index in [0.717, 1.165) is 42.4 Å². The van der Waals surface area contributed by atoms with Crippen molar-refractivity contribution in [2.24, 2.45) is 0 Å². The molecule has 1 unspecified atom stereocenters. The zero-order valence-electron chi connectivity index (χ0n) is 16.1. The molecule has 2 aromatic heterocycles. The number of likely N-dealkylation sites (tertiary alicyclic amines) is 1. The van der Waals surface area contributed by atoms with E-state index in [1.165, 1.54) is 12.0 Å². The van der Waals surface area contributed by atoms with E-state index in [-0.39, 0.29) is 0 Å². The van der Waals surface area contributed by atoms with E-state index < -0.39 is 0 Å². The molecule has 1 aromatic carbocycles. The summed E-state index contributed by atoms with van der Waals surface area (Å²) in [5.41, 5.74) is 3.18. The van der Waals surface area contributed by atoms with Crippen LogP contribution in [0.2, 0.25) is 0 Å². The topological polar surface area (TPSA) is 56.3 Å². The first-order valence-corrected chi connectivity index (χ1v) is 9.53. The molecule has 1 aliphatic rings. The molecule has 4 rings (SSSR count). The van der Waals surface area contributed by atoms with Crippen LogP contribution in [0, 0.1) is 0 Å². The molecule has 0 N–H and O–H groups in total. The quantitative estimate of drug-likeness (QED) is 0.650. The largest absolute Gasteiger partial charge is 0.494 e. The van der Waals surface area contributed by atoms with Crippen LogP contribution < -0.4 is 4.74 Å². The third kappa shape index (κ3) is 3.62. The lowest BCUT2D eigenvalue weighted by molar-refractivity contribution is 0.236. The molecule has 0 bridgehead atoms. The molecule has 0 saturated carbocycles. The van der Waals surface area contributed by atoms with Gasteiger partial charge in [0.25, 0.3) is 0 Å². The number of para-hydroxylation sites is 2. The Bertz CT molecular complexity index is 899. The maximum absolute atomic E-state index is 5.52. The summed E-state index contributed by atoms with van der Waals surface area (Å²) in [4.78, 5) is 2.46. The highest BCUT2D eigenvalue weighted by molar-refractivity contribution is 5.46. The van der Waals surface area contributed by atoms with Crippen molar-refractivity contribution in [2.75, 3.05) is 13.7 Å². The summed E-state index contributed by atoms with van der Waals surface area (Å²) >= 11 is 0. The third-order valence-corrected chi connectivity index (χ3v) is 5.17. The average molecular weight is 366 g/mol. The second kappa shape index (κ2) is 7.56. The van der Waals surface area contributed by atoms with Gasteiger partial charge in [0, 0.05) is 30.3 Å². The second-order valence-electron chi connectivity index (χ2n) is 7.40. The summed E-state index contributed by atoms with van der Waals surface area (Å²) in [5, 5.41) is 8.87. The number of benzene rings is 1. The lowest BCUT2D eigenvalue weighted by Gasteiger charge is -2.21. The van der Waals surface area contributed by atoms with Crippen LogP contribution in [0.25, 0.3) is 5.69 Å². The van der Waals surface area contributed by atoms with Crippen LogP contribution in [-0.2, 0) is 6.54 Å². The predicted octanol–water partition coefficient (Wildman–Crippen LogP) is 4.33. The molecule has 1 aliphatic heterocycles. The van der Waals surface area contributed by atoms with E-state index >= 15 is 0 Å². The van der Waals surface area contributed by atoms with Crippen LogP contribution in [0.4, 0.5) is 0 Å². The summed E-state index contributed by atoms with van der Waals surface area (Å²) in [6.07, 6.45) is 6.31. The Balaban J connectivity index is 1.51. The highest BCUT2D eigenvalue weighted by Gasteiger charge is 2.29. The van der Waals surface area contributed by atoms with Crippen LogP contribution in [0.1, 0.15) is 55.7 Å².